The number of esters is 2. The molecule has 0 aliphatic heterocycles. The minimum Gasteiger partial charge on any atom is -0.422 e. The number of rotatable bonds is 8. The zero-order valence-corrected chi connectivity index (χ0v) is 13.1. The van der Waals surface area contributed by atoms with E-state index in [4.69, 9.17) is 9.47 Å². The average molecular weight is 340 g/mol. The molecule has 1 aromatic carbocycles. The van der Waals surface area contributed by atoms with Crippen LogP contribution >= 0.6 is 0 Å². The molecule has 0 aliphatic carbocycles. The van der Waals surface area contributed by atoms with E-state index in [2.05, 4.69) is 0 Å². The molecule has 0 saturated carbocycles. The summed E-state index contributed by atoms with van der Waals surface area (Å²) in [4.78, 5) is 43.5. The van der Waals surface area contributed by atoms with Crippen LogP contribution in [0, 0.1) is 20.2 Å². The first-order valence-electron chi connectivity index (χ1n) is 7.18. The van der Waals surface area contributed by atoms with E-state index in [9.17, 15) is 29.8 Å². The Hall–Kier alpha value is -3.04. The van der Waals surface area contributed by atoms with E-state index in [1.807, 2.05) is 0 Å². The number of nitro benzene ring substituents is 2. The number of hydrogen-bond acceptors (Lipinski definition) is 8. The molecule has 10 heteroatoms. The Morgan fingerprint density at radius 1 is 0.958 bits per heavy atom. The van der Waals surface area contributed by atoms with Crippen molar-refractivity contribution in [3.63, 3.8) is 0 Å². The molecule has 0 heterocycles. The van der Waals surface area contributed by atoms with Crippen molar-refractivity contribution in [1.82, 2.24) is 0 Å². The highest BCUT2D eigenvalue weighted by atomic mass is 16.6. The van der Waals surface area contributed by atoms with Crippen LogP contribution in [0.1, 0.15) is 39.5 Å². The molecule has 10 nitrogen and oxygen atoms in total. The second-order valence-corrected chi connectivity index (χ2v) is 4.75. The van der Waals surface area contributed by atoms with E-state index in [-0.39, 0.29) is 12.8 Å². The number of carbonyl (C=O) groups excluding carboxylic acids is 2. The van der Waals surface area contributed by atoms with Crippen LogP contribution in [0.4, 0.5) is 11.4 Å². The van der Waals surface area contributed by atoms with Crippen LogP contribution < -0.4 is 9.47 Å². The molecule has 0 aromatic heterocycles. The van der Waals surface area contributed by atoms with Gasteiger partial charge in [-0.1, -0.05) is 13.8 Å². The lowest BCUT2D eigenvalue weighted by Crippen LogP contribution is -2.13. The molecule has 1 aromatic rings. The summed E-state index contributed by atoms with van der Waals surface area (Å²) in [6.07, 6.45) is 0.862. The van der Waals surface area contributed by atoms with Crippen LogP contribution in [0.5, 0.6) is 11.5 Å². The van der Waals surface area contributed by atoms with Gasteiger partial charge in [0.2, 0.25) is 0 Å². The quantitative estimate of drug-likeness (QED) is 0.304. The van der Waals surface area contributed by atoms with Gasteiger partial charge in [-0.3, -0.25) is 29.8 Å². The Morgan fingerprint density at radius 3 is 1.96 bits per heavy atom. The Balaban J connectivity index is 3.41. The number of nitro groups is 2. The first-order chi connectivity index (χ1) is 11.3. The monoisotopic (exact) mass is 340 g/mol. The molecule has 0 N–H and O–H groups in total. The second kappa shape index (κ2) is 8.56. The van der Waals surface area contributed by atoms with E-state index >= 15 is 0 Å². The Kier molecular flexibility index (Phi) is 6.78. The highest BCUT2D eigenvalue weighted by molar-refractivity contribution is 5.79. The topological polar surface area (TPSA) is 139 Å². The minimum absolute atomic E-state index is 0.00115. The van der Waals surface area contributed by atoms with Gasteiger partial charge in [-0.2, -0.15) is 0 Å². The normalized spacial score (nSPS) is 10.1. The molecular formula is C14H16N2O8. The van der Waals surface area contributed by atoms with Crippen molar-refractivity contribution in [2.45, 2.75) is 39.5 Å². The molecule has 0 bridgehead atoms. The molecule has 130 valence electrons. The number of non-ortho nitro benzene ring substituents is 1. The van der Waals surface area contributed by atoms with Gasteiger partial charge in [-0.05, 0) is 12.8 Å². The zero-order chi connectivity index (χ0) is 18.3. The second-order valence-electron chi connectivity index (χ2n) is 4.75. The van der Waals surface area contributed by atoms with E-state index < -0.39 is 44.7 Å². The number of hydrogen-bond donors (Lipinski definition) is 0. The number of ether oxygens (including phenoxy) is 2. The zero-order valence-electron chi connectivity index (χ0n) is 13.1. The van der Waals surface area contributed by atoms with Crippen LogP contribution in [0.2, 0.25) is 0 Å². The SMILES string of the molecule is CCCC(=O)Oc1cc([N+](=O)[O-])cc([N+](=O)[O-])c1OC(=O)CCC. The third kappa shape index (κ3) is 5.00. The summed E-state index contributed by atoms with van der Waals surface area (Å²) in [5.74, 6) is -2.67. The summed E-state index contributed by atoms with van der Waals surface area (Å²) < 4.78 is 9.83. The predicted molar refractivity (Wildman–Crippen MR) is 80.8 cm³/mol. The van der Waals surface area contributed by atoms with Crippen molar-refractivity contribution in [1.29, 1.82) is 0 Å². The lowest BCUT2D eigenvalue weighted by Gasteiger charge is -2.10. The number of carbonyl (C=O) groups is 2. The summed E-state index contributed by atoms with van der Waals surface area (Å²) in [6, 6.07) is 1.46. The van der Waals surface area contributed by atoms with Crippen molar-refractivity contribution < 1.29 is 28.9 Å². The Labute approximate surface area is 136 Å². The van der Waals surface area contributed by atoms with Crippen LogP contribution in [0.3, 0.4) is 0 Å². The number of benzene rings is 1. The minimum atomic E-state index is -0.946. The third-order valence-corrected chi connectivity index (χ3v) is 2.78. The predicted octanol–water partition coefficient (Wildman–Crippen LogP) is 2.91. The first kappa shape index (κ1) is 19.0. The molecule has 0 aliphatic rings. The van der Waals surface area contributed by atoms with E-state index in [0.29, 0.717) is 18.9 Å². The first-order valence-corrected chi connectivity index (χ1v) is 7.18. The van der Waals surface area contributed by atoms with Crippen molar-refractivity contribution in [2.75, 3.05) is 0 Å². The highest BCUT2D eigenvalue weighted by Crippen LogP contribution is 2.41. The summed E-state index contributed by atoms with van der Waals surface area (Å²) in [7, 11) is 0. The largest absolute Gasteiger partial charge is 0.422 e. The molecule has 0 unspecified atom stereocenters. The maximum atomic E-state index is 11.7. The third-order valence-electron chi connectivity index (χ3n) is 2.78. The standard InChI is InChI=1S/C14H16N2O8/c1-3-5-12(17)23-11-8-9(15(19)20)7-10(16(21)22)14(11)24-13(18)6-4-2/h7-8H,3-6H2,1-2H3. The van der Waals surface area contributed by atoms with Gasteiger partial charge in [0.1, 0.15) is 0 Å². The molecule has 24 heavy (non-hydrogen) atoms. The van der Waals surface area contributed by atoms with Gasteiger partial charge >= 0.3 is 17.6 Å². The van der Waals surface area contributed by atoms with Gasteiger partial charge in [0, 0.05) is 12.8 Å². The maximum Gasteiger partial charge on any atom is 0.322 e. The van der Waals surface area contributed by atoms with Gasteiger partial charge in [0.15, 0.2) is 5.75 Å². The molecule has 0 fully saturated rings. The fourth-order valence-electron chi connectivity index (χ4n) is 1.74. The average Bonchev–Trinajstić information content (AvgIpc) is 2.48. The van der Waals surface area contributed by atoms with Crippen molar-refractivity contribution in [3.8, 4) is 11.5 Å². The van der Waals surface area contributed by atoms with E-state index in [1.165, 1.54) is 0 Å². The summed E-state index contributed by atoms with van der Waals surface area (Å²) >= 11 is 0. The highest BCUT2D eigenvalue weighted by Gasteiger charge is 2.29. The fourth-order valence-corrected chi connectivity index (χ4v) is 1.74. The van der Waals surface area contributed by atoms with Gasteiger partial charge in [0.25, 0.3) is 11.4 Å². The molecule has 0 atom stereocenters. The Bertz CT molecular complexity index is 671. The summed E-state index contributed by atoms with van der Waals surface area (Å²) in [5, 5.41) is 22.1. The van der Waals surface area contributed by atoms with E-state index in [1.54, 1.807) is 13.8 Å². The van der Waals surface area contributed by atoms with Crippen molar-refractivity contribution >= 4 is 23.3 Å². The lowest BCUT2D eigenvalue weighted by molar-refractivity contribution is -0.394. The molecule has 0 spiro atoms. The molecule has 0 radical (unpaired) electrons. The van der Waals surface area contributed by atoms with Gasteiger partial charge in [-0.15, -0.1) is 0 Å². The maximum absolute atomic E-state index is 11.7. The van der Waals surface area contributed by atoms with Gasteiger partial charge in [0.05, 0.1) is 22.0 Å². The number of nitrogens with zero attached hydrogens (tertiary/aromatic N) is 2. The lowest BCUT2D eigenvalue weighted by atomic mass is 10.2. The van der Waals surface area contributed by atoms with E-state index in [0.717, 1.165) is 6.07 Å². The summed E-state index contributed by atoms with van der Waals surface area (Å²) in [6.45, 7) is 3.41. The van der Waals surface area contributed by atoms with Crippen LogP contribution in [-0.2, 0) is 9.59 Å². The molecule has 0 amide bonds. The van der Waals surface area contributed by atoms with Crippen molar-refractivity contribution in [2.24, 2.45) is 0 Å². The molecule has 1 rings (SSSR count). The smallest absolute Gasteiger partial charge is 0.322 e. The Morgan fingerprint density at radius 2 is 1.50 bits per heavy atom. The fraction of sp³-hybridized carbons (Fsp3) is 0.429. The van der Waals surface area contributed by atoms with Crippen LogP contribution in [0.15, 0.2) is 12.1 Å². The van der Waals surface area contributed by atoms with Crippen LogP contribution in [-0.4, -0.2) is 21.8 Å². The molecular weight excluding hydrogens is 324 g/mol. The summed E-state index contributed by atoms with van der Waals surface area (Å²) in [5.41, 5.74) is -1.48. The molecule has 0 saturated heterocycles. The van der Waals surface area contributed by atoms with Crippen LogP contribution in [0.25, 0.3) is 0 Å². The van der Waals surface area contributed by atoms with Gasteiger partial charge < -0.3 is 9.47 Å². The van der Waals surface area contributed by atoms with Gasteiger partial charge in [-0.25, -0.2) is 0 Å². The van der Waals surface area contributed by atoms with Crippen molar-refractivity contribution in [3.05, 3.63) is 32.4 Å².